The van der Waals surface area contributed by atoms with Gasteiger partial charge in [0.15, 0.2) is 0 Å². The molecule has 6 heteroatoms. The standard InChI is InChI=1S/C26H33Cl2NO3/c1-5-13-26(4,25(32)29-18(3)17(2)16-30)15-23(20-7-6-8-22(28)14-20)24(31)19-9-11-21(27)12-10-19/h5-12,14,17-18,23-24,30-31H,1,13,15-16H2,2-4H3,(H,29,32)/t17?,18?,23-,24+,26+/m1/s1. The molecular weight excluding hydrogens is 445 g/mol. The number of carbonyl (C=O) groups excluding carboxylic acids is 1. The van der Waals surface area contributed by atoms with E-state index in [4.69, 9.17) is 23.2 Å². The lowest BCUT2D eigenvalue weighted by Crippen LogP contribution is -2.46. The molecule has 0 fully saturated rings. The molecule has 2 unspecified atom stereocenters. The second-order valence-corrected chi connectivity index (χ2v) is 9.71. The molecule has 3 N–H and O–H groups in total. The minimum Gasteiger partial charge on any atom is -0.396 e. The van der Waals surface area contributed by atoms with Crippen LogP contribution in [-0.2, 0) is 4.79 Å². The molecule has 32 heavy (non-hydrogen) atoms. The van der Waals surface area contributed by atoms with E-state index >= 15 is 0 Å². The Kier molecular flexibility index (Phi) is 9.78. The maximum absolute atomic E-state index is 13.4. The number of hydrogen-bond acceptors (Lipinski definition) is 3. The van der Waals surface area contributed by atoms with E-state index in [1.54, 1.807) is 36.4 Å². The molecule has 0 radical (unpaired) electrons. The first kappa shape index (κ1) is 26.4. The zero-order chi connectivity index (χ0) is 23.9. The third kappa shape index (κ3) is 6.82. The van der Waals surface area contributed by atoms with E-state index in [2.05, 4.69) is 11.9 Å². The van der Waals surface area contributed by atoms with Gasteiger partial charge < -0.3 is 15.5 Å². The van der Waals surface area contributed by atoms with E-state index < -0.39 is 17.4 Å². The summed E-state index contributed by atoms with van der Waals surface area (Å²) in [6.07, 6.45) is 1.67. The maximum atomic E-state index is 13.4. The second-order valence-electron chi connectivity index (χ2n) is 8.84. The number of benzene rings is 2. The topological polar surface area (TPSA) is 69.6 Å². The van der Waals surface area contributed by atoms with E-state index in [1.807, 2.05) is 39.0 Å². The predicted molar refractivity (Wildman–Crippen MR) is 132 cm³/mol. The first-order chi connectivity index (χ1) is 15.1. The number of nitrogens with one attached hydrogen (secondary N) is 1. The first-order valence-electron chi connectivity index (χ1n) is 10.8. The molecule has 0 saturated heterocycles. The van der Waals surface area contributed by atoms with Crippen LogP contribution in [0.25, 0.3) is 0 Å². The normalized spacial score (nSPS) is 17.0. The van der Waals surface area contributed by atoms with Gasteiger partial charge >= 0.3 is 0 Å². The summed E-state index contributed by atoms with van der Waals surface area (Å²) in [6.45, 7) is 9.48. The van der Waals surface area contributed by atoms with Gasteiger partial charge in [0.2, 0.25) is 5.91 Å². The van der Waals surface area contributed by atoms with Crippen LogP contribution in [0.5, 0.6) is 0 Å². The SMILES string of the molecule is C=CC[C@@](C)(C[C@H](c1cccc(Cl)c1)[C@@H](O)c1ccc(Cl)cc1)C(=O)NC(C)C(C)CO. The van der Waals surface area contributed by atoms with E-state index in [1.165, 1.54) is 0 Å². The van der Waals surface area contributed by atoms with Crippen molar-refractivity contribution < 1.29 is 15.0 Å². The summed E-state index contributed by atoms with van der Waals surface area (Å²) in [4.78, 5) is 13.4. The third-order valence-corrected chi connectivity index (χ3v) is 6.67. The van der Waals surface area contributed by atoms with E-state index in [-0.39, 0.29) is 24.5 Å². The maximum Gasteiger partial charge on any atom is 0.226 e. The molecule has 0 aromatic heterocycles. The molecule has 4 nitrogen and oxygen atoms in total. The van der Waals surface area contributed by atoms with Gasteiger partial charge in [-0.1, -0.05) is 67.4 Å². The summed E-state index contributed by atoms with van der Waals surface area (Å²) < 4.78 is 0. The van der Waals surface area contributed by atoms with E-state index in [0.717, 1.165) is 5.56 Å². The molecule has 2 aromatic rings. The Hall–Kier alpha value is -1.85. The quantitative estimate of drug-likeness (QED) is 0.352. The molecule has 0 heterocycles. The zero-order valence-electron chi connectivity index (χ0n) is 18.9. The van der Waals surface area contributed by atoms with Crippen LogP contribution in [0.15, 0.2) is 61.2 Å². The summed E-state index contributed by atoms with van der Waals surface area (Å²) in [6, 6.07) is 14.2. The Morgan fingerprint density at radius 2 is 1.78 bits per heavy atom. The van der Waals surface area contributed by atoms with Crippen LogP contribution in [0.1, 0.15) is 56.8 Å². The Morgan fingerprint density at radius 1 is 1.12 bits per heavy atom. The summed E-state index contributed by atoms with van der Waals surface area (Å²) in [7, 11) is 0. The van der Waals surface area contributed by atoms with Gasteiger partial charge in [0.05, 0.1) is 11.5 Å². The van der Waals surface area contributed by atoms with Crippen molar-refractivity contribution in [3.8, 4) is 0 Å². The summed E-state index contributed by atoms with van der Waals surface area (Å²) in [5.74, 6) is -0.605. The van der Waals surface area contributed by atoms with Gasteiger partial charge in [-0.2, -0.15) is 0 Å². The van der Waals surface area contributed by atoms with Crippen molar-refractivity contribution in [1.82, 2.24) is 5.32 Å². The van der Waals surface area contributed by atoms with Crippen LogP contribution in [0.4, 0.5) is 0 Å². The molecule has 2 rings (SSSR count). The number of aliphatic hydroxyl groups is 2. The molecule has 0 bridgehead atoms. The molecule has 0 aliphatic heterocycles. The van der Waals surface area contributed by atoms with Gasteiger partial charge in [-0.3, -0.25) is 4.79 Å². The molecular formula is C26H33Cl2NO3. The molecule has 0 spiro atoms. The average Bonchev–Trinajstić information content (AvgIpc) is 2.77. The first-order valence-corrected chi connectivity index (χ1v) is 11.6. The highest BCUT2D eigenvalue weighted by Crippen LogP contribution is 2.43. The Balaban J connectivity index is 2.42. The van der Waals surface area contributed by atoms with Crippen LogP contribution in [0, 0.1) is 11.3 Å². The second kappa shape index (κ2) is 11.9. The molecule has 2 aromatic carbocycles. The van der Waals surface area contributed by atoms with Crippen molar-refractivity contribution >= 4 is 29.1 Å². The lowest BCUT2D eigenvalue weighted by molar-refractivity contribution is -0.132. The molecule has 174 valence electrons. The van der Waals surface area contributed by atoms with Gasteiger partial charge in [-0.25, -0.2) is 0 Å². The number of hydrogen-bond donors (Lipinski definition) is 3. The van der Waals surface area contributed by atoms with Crippen LogP contribution < -0.4 is 5.32 Å². The highest BCUT2D eigenvalue weighted by Gasteiger charge is 2.38. The van der Waals surface area contributed by atoms with E-state index in [0.29, 0.717) is 28.5 Å². The van der Waals surface area contributed by atoms with E-state index in [9.17, 15) is 15.0 Å². The van der Waals surface area contributed by atoms with Gasteiger partial charge in [0.1, 0.15) is 0 Å². The number of halogens is 2. The third-order valence-electron chi connectivity index (χ3n) is 6.18. The largest absolute Gasteiger partial charge is 0.396 e. The Morgan fingerprint density at radius 3 is 2.34 bits per heavy atom. The van der Waals surface area contributed by atoms with Crippen LogP contribution >= 0.6 is 23.2 Å². The minimum atomic E-state index is -0.864. The minimum absolute atomic E-state index is 0.0138. The van der Waals surface area contributed by atoms with Gasteiger partial charge in [-0.15, -0.1) is 6.58 Å². The highest BCUT2D eigenvalue weighted by molar-refractivity contribution is 6.30. The van der Waals surface area contributed by atoms with Gasteiger partial charge in [-0.05, 0) is 61.1 Å². The molecule has 5 atom stereocenters. The van der Waals surface area contributed by atoms with Gasteiger partial charge in [0.25, 0.3) is 0 Å². The predicted octanol–water partition coefficient (Wildman–Crippen LogP) is 5.92. The smallest absolute Gasteiger partial charge is 0.226 e. The van der Waals surface area contributed by atoms with Crippen molar-refractivity contribution in [2.75, 3.05) is 6.61 Å². The van der Waals surface area contributed by atoms with Crippen molar-refractivity contribution in [2.24, 2.45) is 11.3 Å². The fraction of sp³-hybridized carbons (Fsp3) is 0.423. The van der Waals surface area contributed by atoms with Crippen LogP contribution in [-0.4, -0.2) is 28.8 Å². The fourth-order valence-electron chi connectivity index (χ4n) is 3.80. The lowest BCUT2D eigenvalue weighted by Gasteiger charge is -2.35. The Bertz CT molecular complexity index is 902. The number of carbonyl (C=O) groups is 1. The van der Waals surface area contributed by atoms with Crippen molar-refractivity contribution in [2.45, 2.75) is 51.7 Å². The summed E-state index contributed by atoms with van der Waals surface area (Å²) in [5, 5.41) is 25.0. The van der Waals surface area contributed by atoms with Crippen molar-refractivity contribution in [3.05, 3.63) is 82.4 Å². The number of allylic oxidation sites excluding steroid dienone is 1. The Labute approximate surface area is 201 Å². The molecule has 0 aliphatic rings. The summed E-state index contributed by atoms with van der Waals surface area (Å²) >= 11 is 12.3. The van der Waals surface area contributed by atoms with Gasteiger partial charge in [0, 0.05) is 28.6 Å². The number of rotatable bonds is 11. The monoisotopic (exact) mass is 477 g/mol. The van der Waals surface area contributed by atoms with Crippen LogP contribution in [0.3, 0.4) is 0 Å². The highest BCUT2D eigenvalue weighted by atomic mass is 35.5. The lowest BCUT2D eigenvalue weighted by atomic mass is 9.72. The molecule has 0 saturated carbocycles. The molecule has 0 aliphatic carbocycles. The zero-order valence-corrected chi connectivity index (χ0v) is 20.4. The van der Waals surface area contributed by atoms with Crippen molar-refractivity contribution in [1.29, 1.82) is 0 Å². The van der Waals surface area contributed by atoms with Crippen LogP contribution in [0.2, 0.25) is 10.0 Å². The summed E-state index contributed by atoms with van der Waals surface area (Å²) in [5.41, 5.74) is 0.730. The van der Waals surface area contributed by atoms with Crippen molar-refractivity contribution in [3.63, 3.8) is 0 Å². The number of aliphatic hydroxyl groups excluding tert-OH is 2. The number of amides is 1. The average molecular weight is 478 g/mol. The fourth-order valence-corrected chi connectivity index (χ4v) is 4.12. The molecule has 1 amide bonds.